The van der Waals surface area contributed by atoms with E-state index in [1.165, 1.54) is 21.3 Å². The van der Waals surface area contributed by atoms with E-state index >= 15 is 0 Å². The molecule has 3 aromatic rings. The number of ether oxygens (including phenoxy) is 3. The lowest BCUT2D eigenvalue weighted by atomic mass is 10.2. The normalized spacial score (nSPS) is 10.9. The van der Waals surface area contributed by atoms with Crippen molar-refractivity contribution in [3.8, 4) is 0 Å². The molecule has 0 aliphatic carbocycles. The summed E-state index contributed by atoms with van der Waals surface area (Å²) in [7, 11) is 1.88. The number of hydrogen-bond acceptors (Lipinski definition) is 6. The van der Waals surface area contributed by atoms with Gasteiger partial charge in [0.05, 0.1) is 44.7 Å². The van der Waals surface area contributed by atoms with Gasteiger partial charge in [0.2, 0.25) is 0 Å². The van der Waals surface area contributed by atoms with Crippen LogP contribution in [0.5, 0.6) is 0 Å². The van der Waals surface area contributed by atoms with Crippen LogP contribution in [0.15, 0.2) is 72.8 Å². The molecule has 7 heteroatoms. The molecule has 0 atom stereocenters. The van der Waals surface area contributed by atoms with Crippen molar-refractivity contribution in [2.75, 3.05) is 28.0 Å². The number of carbonyl (C=O) groups excluding carboxylic acids is 3. The standard InChI is InChI=1S/C25H24O6P/c1-29-23(26)17-5-11-20(12-6-17)32(4,21-13-7-18(8-14-21)24(27)30-2)22-15-9-19(10-16-22)25(28)31-3/h5-16H,1-4H3/q+1. The first kappa shape index (κ1) is 23.2. The zero-order valence-electron chi connectivity index (χ0n) is 18.3. The zero-order chi connectivity index (χ0) is 23.3. The number of benzene rings is 3. The van der Waals surface area contributed by atoms with Crippen LogP contribution in [-0.2, 0) is 14.2 Å². The second-order valence-corrected chi connectivity index (χ2v) is 10.7. The zero-order valence-corrected chi connectivity index (χ0v) is 19.2. The summed E-state index contributed by atoms with van der Waals surface area (Å²) in [5.74, 6) is -1.20. The van der Waals surface area contributed by atoms with Gasteiger partial charge in [-0.15, -0.1) is 0 Å². The summed E-state index contributed by atoms with van der Waals surface area (Å²) < 4.78 is 14.4. The minimum Gasteiger partial charge on any atom is -0.465 e. The highest BCUT2D eigenvalue weighted by molar-refractivity contribution is 7.95. The summed E-state index contributed by atoms with van der Waals surface area (Å²) in [6, 6.07) is 22.0. The first-order valence-electron chi connectivity index (χ1n) is 9.78. The molecule has 3 rings (SSSR count). The Morgan fingerprint density at radius 1 is 0.500 bits per heavy atom. The average molecular weight is 451 g/mol. The van der Waals surface area contributed by atoms with Crippen LogP contribution < -0.4 is 15.9 Å². The van der Waals surface area contributed by atoms with E-state index in [0.29, 0.717) is 16.7 Å². The highest BCUT2D eigenvalue weighted by atomic mass is 31.2. The fourth-order valence-corrected chi connectivity index (χ4v) is 6.62. The van der Waals surface area contributed by atoms with E-state index in [9.17, 15) is 14.4 Å². The van der Waals surface area contributed by atoms with Gasteiger partial charge in [-0.3, -0.25) is 0 Å². The van der Waals surface area contributed by atoms with Gasteiger partial charge in [-0.1, -0.05) is 0 Å². The van der Waals surface area contributed by atoms with Gasteiger partial charge in [0.25, 0.3) is 0 Å². The number of carbonyl (C=O) groups is 3. The summed E-state index contributed by atoms with van der Waals surface area (Å²) in [6.45, 7) is 2.15. The third-order valence-electron chi connectivity index (χ3n) is 5.41. The molecule has 0 saturated heterocycles. The maximum Gasteiger partial charge on any atom is 0.337 e. The minimum absolute atomic E-state index is 0.401. The summed E-state index contributed by atoms with van der Waals surface area (Å²) in [6.07, 6.45) is 0. The van der Waals surface area contributed by atoms with Crippen molar-refractivity contribution >= 4 is 41.1 Å². The molecule has 0 fully saturated rings. The molecule has 0 heterocycles. The summed E-state index contributed by atoms with van der Waals surface area (Å²) in [5, 5.41) is 3.09. The molecule has 32 heavy (non-hydrogen) atoms. The molecule has 0 amide bonds. The number of rotatable bonds is 6. The second kappa shape index (κ2) is 9.75. The van der Waals surface area contributed by atoms with Crippen molar-refractivity contribution < 1.29 is 28.6 Å². The van der Waals surface area contributed by atoms with E-state index in [1.54, 1.807) is 36.4 Å². The molecule has 0 unspecified atom stereocenters. The lowest BCUT2D eigenvalue weighted by molar-refractivity contribution is 0.0592. The van der Waals surface area contributed by atoms with Crippen LogP contribution in [-0.4, -0.2) is 45.9 Å². The van der Waals surface area contributed by atoms with Gasteiger partial charge < -0.3 is 14.2 Å². The van der Waals surface area contributed by atoms with E-state index in [4.69, 9.17) is 14.2 Å². The SMILES string of the molecule is COC(=O)c1ccc([P+](C)(c2ccc(C(=O)OC)cc2)c2ccc(C(=O)OC)cc2)cc1. The van der Waals surface area contributed by atoms with Gasteiger partial charge in [-0.2, -0.15) is 0 Å². The van der Waals surface area contributed by atoms with Gasteiger partial charge in [0.15, 0.2) is 0 Å². The highest BCUT2D eigenvalue weighted by Gasteiger charge is 2.40. The Bertz CT molecular complexity index is 974. The molecule has 0 radical (unpaired) electrons. The Morgan fingerprint density at radius 2 is 0.719 bits per heavy atom. The highest BCUT2D eigenvalue weighted by Crippen LogP contribution is 2.51. The quantitative estimate of drug-likeness (QED) is 0.326. The minimum atomic E-state index is -2.16. The molecule has 0 N–H and O–H groups in total. The van der Waals surface area contributed by atoms with Crippen LogP contribution in [0.2, 0.25) is 0 Å². The van der Waals surface area contributed by atoms with E-state index in [0.717, 1.165) is 15.9 Å². The van der Waals surface area contributed by atoms with Gasteiger partial charge >= 0.3 is 17.9 Å². The van der Waals surface area contributed by atoms with Crippen LogP contribution in [0.1, 0.15) is 31.1 Å². The van der Waals surface area contributed by atoms with Crippen molar-refractivity contribution in [3.05, 3.63) is 89.5 Å². The average Bonchev–Trinajstić information content (AvgIpc) is 2.87. The first-order chi connectivity index (χ1) is 15.3. The molecule has 0 saturated carbocycles. The maximum absolute atomic E-state index is 11.9. The summed E-state index contributed by atoms with van der Waals surface area (Å²) >= 11 is 0. The lowest BCUT2D eigenvalue weighted by Gasteiger charge is -2.23. The van der Waals surface area contributed by atoms with Gasteiger partial charge in [0.1, 0.15) is 23.2 Å². The largest absolute Gasteiger partial charge is 0.465 e. The van der Waals surface area contributed by atoms with Gasteiger partial charge in [0, 0.05) is 0 Å². The monoisotopic (exact) mass is 451 g/mol. The summed E-state index contributed by atoms with van der Waals surface area (Å²) in [5.41, 5.74) is 1.39. The van der Waals surface area contributed by atoms with Gasteiger partial charge in [-0.25, -0.2) is 14.4 Å². The molecule has 0 aromatic heterocycles. The van der Waals surface area contributed by atoms with Crippen LogP contribution in [0.25, 0.3) is 0 Å². The van der Waals surface area contributed by atoms with Crippen molar-refractivity contribution in [2.24, 2.45) is 0 Å². The van der Waals surface area contributed by atoms with Crippen molar-refractivity contribution in [2.45, 2.75) is 0 Å². The molecule has 6 nitrogen and oxygen atoms in total. The third kappa shape index (κ3) is 4.41. The number of methoxy groups -OCH3 is 3. The Labute approximate surface area is 187 Å². The molecular weight excluding hydrogens is 427 g/mol. The number of esters is 3. The second-order valence-electron chi connectivity index (χ2n) is 7.12. The Kier molecular flexibility index (Phi) is 7.06. The predicted molar refractivity (Wildman–Crippen MR) is 125 cm³/mol. The van der Waals surface area contributed by atoms with E-state index < -0.39 is 25.2 Å². The fourth-order valence-electron chi connectivity index (χ4n) is 3.49. The topological polar surface area (TPSA) is 78.9 Å². The van der Waals surface area contributed by atoms with Crippen LogP contribution in [0, 0.1) is 0 Å². The van der Waals surface area contributed by atoms with Crippen molar-refractivity contribution in [3.63, 3.8) is 0 Å². The maximum atomic E-state index is 11.9. The Hall–Kier alpha value is -3.50. The molecule has 164 valence electrons. The van der Waals surface area contributed by atoms with Crippen LogP contribution in [0.4, 0.5) is 0 Å². The predicted octanol–water partition coefficient (Wildman–Crippen LogP) is 2.97. The Morgan fingerprint density at radius 3 is 0.906 bits per heavy atom. The third-order valence-corrected chi connectivity index (χ3v) is 9.41. The number of hydrogen-bond donors (Lipinski definition) is 0. The van der Waals surface area contributed by atoms with Gasteiger partial charge in [-0.05, 0) is 72.8 Å². The van der Waals surface area contributed by atoms with Crippen molar-refractivity contribution in [1.29, 1.82) is 0 Å². The molecule has 3 aromatic carbocycles. The lowest BCUT2D eigenvalue weighted by Crippen LogP contribution is -2.30. The molecule has 0 aliphatic heterocycles. The van der Waals surface area contributed by atoms with Crippen molar-refractivity contribution in [1.82, 2.24) is 0 Å². The Balaban J connectivity index is 2.13. The van der Waals surface area contributed by atoms with E-state index in [1.807, 2.05) is 36.4 Å². The van der Waals surface area contributed by atoms with Crippen LogP contribution >= 0.6 is 7.26 Å². The van der Waals surface area contributed by atoms with E-state index in [2.05, 4.69) is 6.66 Å². The summed E-state index contributed by atoms with van der Waals surface area (Å²) in [4.78, 5) is 35.6. The first-order valence-corrected chi connectivity index (χ1v) is 12.0. The van der Waals surface area contributed by atoms with Crippen LogP contribution in [0.3, 0.4) is 0 Å². The molecule has 0 aliphatic rings. The van der Waals surface area contributed by atoms with E-state index in [-0.39, 0.29) is 0 Å². The fraction of sp³-hybridized carbons (Fsp3) is 0.160. The molecule has 0 spiro atoms. The smallest absolute Gasteiger partial charge is 0.337 e. The molecule has 0 bridgehead atoms. The molecular formula is C25H24O6P+.